The van der Waals surface area contributed by atoms with E-state index in [1.165, 1.54) is 20.3 Å². The van der Waals surface area contributed by atoms with Gasteiger partial charge in [0.2, 0.25) is 5.95 Å². The molecule has 196 valence electrons. The van der Waals surface area contributed by atoms with Crippen molar-refractivity contribution in [1.29, 1.82) is 0 Å². The van der Waals surface area contributed by atoms with E-state index >= 15 is 0 Å². The number of benzene rings is 2. The number of rotatable bonds is 8. The van der Waals surface area contributed by atoms with Gasteiger partial charge in [-0.05, 0) is 34.9 Å². The summed E-state index contributed by atoms with van der Waals surface area (Å²) in [6, 6.07) is 15.2. The molecule has 10 nitrogen and oxygen atoms in total. The lowest BCUT2D eigenvalue weighted by atomic mass is 9.94. The van der Waals surface area contributed by atoms with Gasteiger partial charge in [-0.15, -0.1) is 0 Å². The fourth-order valence-corrected chi connectivity index (χ4v) is 4.54. The molecule has 2 aromatic carbocycles. The topological polar surface area (TPSA) is 142 Å². The van der Waals surface area contributed by atoms with E-state index in [2.05, 4.69) is 20.1 Å². The Morgan fingerprint density at radius 3 is 2.67 bits per heavy atom. The van der Waals surface area contributed by atoms with Crippen molar-refractivity contribution in [2.24, 2.45) is 5.10 Å². The van der Waals surface area contributed by atoms with Crippen LogP contribution in [0.3, 0.4) is 0 Å². The molecule has 1 aliphatic rings. The van der Waals surface area contributed by atoms with Crippen molar-refractivity contribution in [2.45, 2.75) is 12.5 Å². The molecule has 0 amide bonds. The summed E-state index contributed by atoms with van der Waals surface area (Å²) in [6.45, 7) is 0. The molecular weight excluding hydrogens is 494 g/mol. The lowest BCUT2D eigenvalue weighted by Gasteiger charge is -2.31. The van der Waals surface area contributed by atoms with Crippen LogP contribution >= 0.6 is 0 Å². The number of allylic oxidation sites excluding steroid dienone is 1. The normalized spacial score (nSPS) is 14.3. The first-order valence-electron chi connectivity index (χ1n) is 12.1. The molecule has 1 atom stereocenters. The zero-order valence-corrected chi connectivity index (χ0v) is 21.5. The number of hydrogen-bond acceptors (Lipinski definition) is 10. The molecular formula is C29H27N7O3. The molecule has 2 aromatic heterocycles. The highest BCUT2D eigenvalue weighted by Gasteiger charge is 2.26. The summed E-state index contributed by atoms with van der Waals surface area (Å²) in [4.78, 5) is 25.9. The third-order valence-electron chi connectivity index (χ3n) is 6.38. The predicted octanol–water partition coefficient (Wildman–Crippen LogP) is 3.78. The second kappa shape index (κ2) is 11.0. The van der Waals surface area contributed by atoms with Crippen LogP contribution in [0.5, 0.6) is 11.5 Å². The van der Waals surface area contributed by atoms with E-state index in [4.69, 9.17) is 20.9 Å². The van der Waals surface area contributed by atoms with Crippen LogP contribution in [0.15, 0.2) is 84.5 Å². The van der Waals surface area contributed by atoms with E-state index in [1.54, 1.807) is 48.1 Å². The number of nitrogens with zero attached hydrogens (tertiary/aromatic N) is 5. The number of carbonyl (C=O) groups excluding carboxylic acids is 1. The van der Waals surface area contributed by atoms with Crippen LogP contribution in [0.4, 0.5) is 11.8 Å². The Kier molecular flexibility index (Phi) is 7.17. The van der Waals surface area contributed by atoms with Crippen LogP contribution in [0.2, 0.25) is 0 Å². The van der Waals surface area contributed by atoms with Crippen molar-refractivity contribution in [3.05, 3.63) is 113 Å². The molecule has 3 heterocycles. The van der Waals surface area contributed by atoms with E-state index in [0.29, 0.717) is 29.0 Å². The van der Waals surface area contributed by atoms with Gasteiger partial charge >= 0.3 is 0 Å². The van der Waals surface area contributed by atoms with Gasteiger partial charge < -0.3 is 20.9 Å². The Hall–Kier alpha value is -5.25. The fourth-order valence-electron chi connectivity index (χ4n) is 4.54. The van der Waals surface area contributed by atoms with E-state index in [9.17, 15) is 4.79 Å². The SMILES string of the molecule is COc1cc(Cc2cnc(N)nc2N)cc(C(=O)/C=C/N2N=Cc3ccccc3C2c2cccnc2)c1OC. The number of fused-ring (bicyclic) bond motifs is 1. The van der Waals surface area contributed by atoms with Crippen molar-refractivity contribution in [2.75, 3.05) is 25.7 Å². The van der Waals surface area contributed by atoms with E-state index in [1.807, 2.05) is 36.4 Å². The maximum Gasteiger partial charge on any atom is 0.221 e. The molecule has 0 aliphatic carbocycles. The van der Waals surface area contributed by atoms with Gasteiger partial charge in [0.05, 0.1) is 26.0 Å². The lowest BCUT2D eigenvalue weighted by Crippen LogP contribution is -2.25. The highest BCUT2D eigenvalue weighted by atomic mass is 16.5. The molecule has 0 saturated carbocycles. The molecule has 1 unspecified atom stereocenters. The first kappa shape index (κ1) is 25.4. The molecule has 5 rings (SSSR count). The Balaban J connectivity index is 1.49. The second-order valence-electron chi connectivity index (χ2n) is 8.82. The first-order valence-corrected chi connectivity index (χ1v) is 12.1. The number of hydrogen-bond donors (Lipinski definition) is 2. The van der Waals surface area contributed by atoms with Crippen LogP contribution in [-0.4, -0.2) is 46.2 Å². The van der Waals surface area contributed by atoms with Crippen molar-refractivity contribution in [3.63, 3.8) is 0 Å². The van der Waals surface area contributed by atoms with E-state index in [-0.39, 0.29) is 23.6 Å². The summed E-state index contributed by atoms with van der Waals surface area (Å²) < 4.78 is 11.1. The highest BCUT2D eigenvalue weighted by molar-refractivity contribution is 6.07. The van der Waals surface area contributed by atoms with Crippen LogP contribution in [0.1, 0.15) is 44.2 Å². The molecule has 0 bridgehead atoms. The van der Waals surface area contributed by atoms with Gasteiger partial charge in [-0.3, -0.25) is 14.8 Å². The van der Waals surface area contributed by atoms with Crippen LogP contribution in [0, 0.1) is 0 Å². The van der Waals surface area contributed by atoms with Crippen LogP contribution < -0.4 is 20.9 Å². The number of ether oxygens (including phenoxy) is 2. The summed E-state index contributed by atoms with van der Waals surface area (Å²) >= 11 is 0. The van der Waals surface area contributed by atoms with Gasteiger partial charge in [0.15, 0.2) is 17.3 Å². The number of methoxy groups -OCH3 is 2. The fraction of sp³-hybridized carbons (Fsp3) is 0.138. The third kappa shape index (κ3) is 5.26. The highest BCUT2D eigenvalue weighted by Crippen LogP contribution is 2.36. The number of hydrazone groups is 1. The van der Waals surface area contributed by atoms with Crippen molar-refractivity contribution < 1.29 is 14.3 Å². The molecule has 4 N–H and O–H groups in total. The average Bonchev–Trinajstić information content (AvgIpc) is 2.96. The lowest BCUT2D eigenvalue weighted by molar-refractivity contribution is 0.104. The van der Waals surface area contributed by atoms with Gasteiger partial charge in [-0.1, -0.05) is 30.3 Å². The molecule has 0 saturated heterocycles. The number of nitrogens with two attached hydrogens (primary N) is 2. The maximum absolute atomic E-state index is 13.6. The monoisotopic (exact) mass is 521 g/mol. The molecule has 0 radical (unpaired) electrons. The van der Waals surface area contributed by atoms with Crippen molar-refractivity contribution in [3.8, 4) is 11.5 Å². The maximum atomic E-state index is 13.6. The molecule has 4 aromatic rings. The summed E-state index contributed by atoms with van der Waals surface area (Å²) in [7, 11) is 3.01. The minimum atomic E-state index is -0.285. The smallest absolute Gasteiger partial charge is 0.221 e. The summed E-state index contributed by atoms with van der Waals surface area (Å²) in [6.07, 6.45) is 10.4. The molecule has 10 heteroatoms. The number of carbonyl (C=O) groups is 1. The molecule has 0 fully saturated rings. The molecule has 39 heavy (non-hydrogen) atoms. The minimum Gasteiger partial charge on any atom is -0.493 e. The quantitative estimate of drug-likeness (QED) is 0.262. The van der Waals surface area contributed by atoms with Crippen LogP contribution in [-0.2, 0) is 6.42 Å². The standard InChI is InChI=1S/C29H27N7O3/c1-38-25-14-18(12-21-16-33-29(31)35-28(21)30)13-23(27(25)39-2)24(37)9-11-36-26(20-7-5-10-32-15-20)22-8-4-3-6-19(22)17-34-36/h3-11,13-17,26H,12H2,1-2H3,(H4,30,31,33,35)/b11-9+. The second-order valence-corrected chi connectivity index (χ2v) is 8.82. The van der Waals surface area contributed by atoms with Gasteiger partial charge in [0.1, 0.15) is 11.9 Å². The van der Waals surface area contributed by atoms with Gasteiger partial charge in [-0.25, -0.2) is 4.98 Å². The largest absolute Gasteiger partial charge is 0.493 e. The van der Waals surface area contributed by atoms with Crippen LogP contribution in [0.25, 0.3) is 0 Å². The number of aromatic nitrogens is 3. The Labute approximate surface area is 225 Å². The molecule has 1 aliphatic heterocycles. The van der Waals surface area contributed by atoms with Crippen molar-refractivity contribution in [1.82, 2.24) is 20.0 Å². The first-order chi connectivity index (χ1) is 19.0. The van der Waals surface area contributed by atoms with E-state index < -0.39 is 0 Å². The van der Waals surface area contributed by atoms with Gasteiger partial charge in [0.25, 0.3) is 0 Å². The number of nitrogen functional groups attached to an aromatic ring is 2. The summed E-state index contributed by atoms with van der Waals surface area (Å²) in [5.41, 5.74) is 16.4. The molecule has 0 spiro atoms. The number of anilines is 2. The third-order valence-corrected chi connectivity index (χ3v) is 6.38. The zero-order chi connectivity index (χ0) is 27.4. The summed E-state index contributed by atoms with van der Waals surface area (Å²) in [5, 5.41) is 6.36. The summed E-state index contributed by atoms with van der Waals surface area (Å²) in [5.74, 6) is 0.827. The Morgan fingerprint density at radius 2 is 1.92 bits per heavy atom. The average molecular weight is 522 g/mol. The zero-order valence-electron chi connectivity index (χ0n) is 21.5. The van der Waals surface area contributed by atoms with E-state index in [0.717, 1.165) is 22.3 Å². The minimum absolute atomic E-state index is 0.0946. The Morgan fingerprint density at radius 1 is 1.08 bits per heavy atom. The number of pyridine rings is 1. The van der Waals surface area contributed by atoms with Crippen molar-refractivity contribution >= 4 is 23.8 Å². The Bertz CT molecular complexity index is 1570. The number of ketones is 1. The van der Waals surface area contributed by atoms with Gasteiger partial charge in [0, 0.05) is 48.4 Å². The predicted molar refractivity (Wildman–Crippen MR) is 149 cm³/mol. The van der Waals surface area contributed by atoms with Gasteiger partial charge in [-0.2, -0.15) is 10.1 Å².